The molecule has 55 valence electrons. The molecule has 1 unspecified atom stereocenters. The Morgan fingerprint density at radius 3 is 2.00 bits per heavy atom. The third-order valence-corrected chi connectivity index (χ3v) is 0.568. The smallest absolute Gasteiger partial charge is 0.394 e. The molecule has 9 heavy (non-hydrogen) atoms. The van der Waals surface area contributed by atoms with E-state index in [2.05, 4.69) is 0 Å². The lowest BCUT2D eigenvalue weighted by atomic mass is 10.3. The predicted octanol–water partition coefficient (Wildman–Crippen LogP) is 0.106. The van der Waals surface area contributed by atoms with Crippen LogP contribution in [0.25, 0.3) is 0 Å². The van der Waals surface area contributed by atoms with Gasteiger partial charge in [0.25, 0.3) is 0 Å². The molecular formula is C4H6F3O2. The first-order valence-electron chi connectivity index (χ1n) is 2.17. The summed E-state index contributed by atoms with van der Waals surface area (Å²) in [6.07, 6.45) is -6.60. The zero-order chi connectivity index (χ0) is 7.49. The number of aliphatic hydroxyl groups excluding tert-OH is 2. The molecule has 0 aliphatic heterocycles. The summed E-state index contributed by atoms with van der Waals surface area (Å²) < 4.78 is 33.5. The van der Waals surface area contributed by atoms with Gasteiger partial charge in [-0.1, -0.05) is 0 Å². The zero-order valence-corrected chi connectivity index (χ0v) is 4.39. The van der Waals surface area contributed by atoms with Gasteiger partial charge < -0.3 is 10.2 Å². The summed E-state index contributed by atoms with van der Waals surface area (Å²) in [7, 11) is 0. The van der Waals surface area contributed by atoms with Crippen LogP contribution in [0.4, 0.5) is 13.2 Å². The van der Waals surface area contributed by atoms with Crippen LogP contribution in [-0.4, -0.2) is 29.1 Å². The minimum Gasteiger partial charge on any atom is -0.394 e. The van der Waals surface area contributed by atoms with Crippen molar-refractivity contribution < 1.29 is 23.4 Å². The van der Waals surface area contributed by atoms with E-state index >= 15 is 0 Å². The number of rotatable bonds is 2. The van der Waals surface area contributed by atoms with Crippen molar-refractivity contribution in [1.82, 2.24) is 0 Å². The van der Waals surface area contributed by atoms with Crippen molar-refractivity contribution in [1.29, 1.82) is 0 Å². The Morgan fingerprint density at radius 2 is 1.89 bits per heavy atom. The summed E-state index contributed by atoms with van der Waals surface area (Å²) in [4.78, 5) is 0. The summed E-state index contributed by atoms with van der Waals surface area (Å²) in [6.45, 7) is -0.903. The summed E-state index contributed by atoms with van der Waals surface area (Å²) in [5, 5.41) is 16.1. The van der Waals surface area contributed by atoms with Crippen LogP contribution in [0.5, 0.6) is 0 Å². The minimum atomic E-state index is -4.51. The second-order valence-corrected chi connectivity index (χ2v) is 1.46. The maximum atomic E-state index is 11.2. The highest BCUT2D eigenvalue weighted by Gasteiger charge is 2.31. The topological polar surface area (TPSA) is 40.5 Å². The second kappa shape index (κ2) is 3.03. The molecule has 1 atom stereocenters. The molecule has 1 radical (unpaired) electrons. The van der Waals surface area contributed by atoms with Gasteiger partial charge in [0, 0.05) is 0 Å². The fourth-order valence-corrected chi connectivity index (χ4v) is 0.271. The maximum Gasteiger partial charge on any atom is 0.395 e. The molecule has 0 fully saturated rings. The molecule has 0 aromatic rings. The van der Waals surface area contributed by atoms with Crippen LogP contribution in [0.3, 0.4) is 0 Å². The Morgan fingerprint density at radius 1 is 1.44 bits per heavy atom. The quantitative estimate of drug-likeness (QED) is 0.575. The summed E-state index contributed by atoms with van der Waals surface area (Å²) in [5.74, 6) is 0. The van der Waals surface area contributed by atoms with Crippen molar-refractivity contribution in [3.63, 3.8) is 0 Å². The largest absolute Gasteiger partial charge is 0.395 e. The first kappa shape index (κ1) is 8.71. The lowest BCUT2D eigenvalue weighted by Crippen LogP contribution is -2.23. The second-order valence-electron chi connectivity index (χ2n) is 1.46. The minimum absolute atomic E-state index is 0.285. The van der Waals surface area contributed by atoms with Crippen LogP contribution in [0, 0.1) is 6.42 Å². The first-order chi connectivity index (χ1) is 3.95. The molecule has 0 aliphatic carbocycles. The molecule has 0 rings (SSSR count). The number of hydrogen-bond donors (Lipinski definition) is 2. The molecule has 0 aromatic carbocycles. The van der Waals surface area contributed by atoms with Crippen molar-refractivity contribution in [2.45, 2.75) is 12.3 Å². The van der Waals surface area contributed by atoms with Gasteiger partial charge in [0.05, 0.1) is 19.1 Å². The lowest BCUT2D eigenvalue weighted by molar-refractivity contribution is -0.113. The molecule has 2 N–H and O–H groups in total. The molecule has 5 heteroatoms. The van der Waals surface area contributed by atoms with Gasteiger partial charge in [0.2, 0.25) is 0 Å². The Labute approximate surface area is 49.9 Å². The van der Waals surface area contributed by atoms with Crippen molar-refractivity contribution in [2.24, 2.45) is 0 Å². The highest BCUT2D eigenvalue weighted by Crippen LogP contribution is 2.19. The lowest BCUT2D eigenvalue weighted by Gasteiger charge is -2.08. The summed E-state index contributed by atoms with van der Waals surface area (Å²) >= 11 is 0. The molecule has 0 spiro atoms. The van der Waals surface area contributed by atoms with Crippen molar-refractivity contribution in [3.05, 3.63) is 6.42 Å². The Bertz CT molecular complexity index is 80.4. The van der Waals surface area contributed by atoms with E-state index in [9.17, 15) is 13.2 Å². The molecule has 0 saturated heterocycles. The van der Waals surface area contributed by atoms with Gasteiger partial charge in [0.1, 0.15) is 0 Å². The molecule has 0 heterocycles. The summed E-state index contributed by atoms with van der Waals surface area (Å²) in [6, 6.07) is 0. The first-order valence-corrected chi connectivity index (χ1v) is 2.17. The predicted molar refractivity (Wildman–Crippen MR) is 23.4 cm³/mol. The van der Waals surface area contributed by atoms with E-state index in [1.54, 1.807) is 0 Å². The standard InChI is InChI=1S/C4H6F3O2/c5-4(6,7)1-3(9)2-8/h1,3,8-9H,2H2. The Hall–Kier alpha value is -0.290. The van der Waals surface area contributed by atoms with Crippen LogP contribution < -0.4 is 0 Å². The highest BCUT2D eigenvalue weighted by molar-refractivity contribution is 4.82. The summed E-state index contributed by atoms with van der Waals surface area (Å²) in [5.41, 5.74) is 0. The van der Waals surface area contributed by atoms with E-state index in [-0.39, 0.29) is 6.42 Å². The van der Waals surface area contributed by atoms with Crippen molar-refractivity contribution in [2.75, 3.05) is 6.61 Å². The van der Waals surface area contributed by atoms with E-state index in [0.717, 1.165) is 0 Å². The van der Waals surface area contributed by atoms with E-state index in [1.165, 1.54) is 0 Å². The van der Waals surface area contributed by atoms with Gasteiger partial charge in [-0.3, -0.25) is 0 Å². The van der Waals surface area contributed by atoms with Crippen molar-refractivity contribution in [3.8, 4) is 0 Å². The van der Waals surface area contributed by atoms with Crippen LogP contribution >= 0.6 is 0 Å². The maximum absolute atomic E-state index is 11.2. The van der Waals surface area contributed by atoms with Crippen LogP contribution in [0.2, 0.25) is 0 Å². The number of aliphatic hydroxyl groups is 2. The van der Waals surface area contributed by atoms with Gasteiger partial charge >= 0.3 is 6.18 Å². The van der Waals surface area contributed by atoms with Crippen LogP contribution in [0.1, 0.15) is 0 Å². The van der Waals surface area contributed by atoms with Gasteiger partial charge in [-0.2, -0.15) is 13.2 Å². The molecule has 0 aliphatic rings. The number of halogens is 3. The van der Waals surface area contributed by atoms with E-state index < -0.39 is 18.9 Å². The van der Waals surface area contributed by atoms with E-state index in [1.807, 2.05) is 0 Å². The van der Waals surface area contributed by atoms with E-state index in [0.29, 0.717) is 0 Å². The molecule has 2 nitrogen and oxygen atoms in total. The average Bonchev–Trinajstić information content (AvgIpc) is 1.62. The fraction of sp³-hybridized carbons (Fsp3) is 0.750. The zero-order valence-electron chi connectivity index (χ0n) is 4.39. The SMILES string of the molecule is OCC(O)[CH]C(F)(F)F. The Kier molecular flexibility index (Phi) is 2.93. The fourth-order valence-electron chi connectivity index (χ4n) is 0.271. The van der Waals surface area contributed by atoms with Gasteiger partial charge in [-0.15, -0.1) is 0 Å². The number of alkyl halides is 3. The van der Waals surface area contributed by atoms with Gasteiger partial charge in [-0.05, 0) is 0 Å². The van der Waals surface area contributed by atoms with Crippen molar-refractivity contribution >= 4 is 0 Å². The van der Waals surface area contributed by atoms with Gasteiger partial charge in [-0.25, -0.2) is 0 Å². The Balaban J connectivity index is 3.47. The van der Waals surface area contributed by atoms with E-state index in [4.69, 9.17) is 10.2 Å². The molecule has 0 aromatic heterocycles. The third-order valence-electron chi connectivity index (χ3n) is 0.568. The molecule has 0 bridgehead atoms. The van der Waals surface area contributed by atoms with Gasteiger partial charge in [0.15, 0.2) is 0 Å². The normalized spacial score (nSPS) is 15.7. The van der Waals surface area contributed by atoms with Crippen LogP contribution in [0.15, 0.2) is 0 Å². The van der Waals surface area contributed by atoms with Crippen LogP contribution in [-0.2, 0) is 0 Å². The third kappa shape index (κ3) is 5.58. The molecule has 0 saturated carbocycles. The average molecular weight is 143 g/mol. The molecular weight excluding hydrogens is 137 g/mol. The highest BCUT2D eigenvalue weighted by atomic mass is 19.4. The monoisotopic (exact) mass is 143 g/mol. The molecule has 0 amide bonds. The number of hydrogen-bond acceptors (Lipinski definition) is 2.